The van der Waals surface area contributed by atoms with Crippen LogP contribution >= 0.6 is 15.9 Å². The average Bonchev–Trinajstić information content (AvgIpc) is 2.44. The molecule has 1 amide bonds. The van der Waals surface area contributed by atoms with Crippen LogP contribution in [-0.4, -0.2) is 5.91 Å². The molecular formula is C15H11BrF3NO. The largest absolute Gasteiger partial charge is 0.417 e. The zero-order chi connectivity index (χ0) is 15.5. The molecule has 0 aliphatic carbocycles. The molecule has 2 nitrogen and oxygen atoms in total. The lowest BCUT2D eigenvalue weighted by atomic mass is 10.1. The van der Waals surface area contributed by atoms with Gasteiger partial charge in [-0.3, -0.25) is 4.79 Å². The lowest BCUT2D eigenvalue weighted by Crippen LogP contribution is -2.25. The van der Waals surface area contributed by atoms with E-state index in [-0.39, 0.29) is 12.1 Å². The van der Waals surface area contributed by atoms with Crippen LogP contribution in [0.2, 0.25) is 0 Å². The molecule has 0 atom stereocenters. The number of carbonyl (C=O) groups is 1. The van der Waals surface area contributed by atoms with Gasteiger partial charge in [0.25, 0.3) is 5.91 Å². The van der Waals surface area contributed by atoms with Crippen molar-refractivity contribution in [3.63, 3.8) is 0 Å². The Labute approximate surface area is 128 Å². The van der Waals surface area contributed by atoms with Gasteiger partial charge >= 0.3 is 6.18 Å². The first kappa shape index (κ1) is 15.6. The van der Waals surface area contributed by atoms with Crippen LogP contribution in [0, 0.1) is 0 Å². The van der Waals surface area contributed by atoms with Crippen LogP contribution in [0.5, 0.6) is 0 Å². The second-order valence-electron chi connectivity index (χ2n) is 4.36. The maximum absolute atomic E-state index is 12.8. The summed E-state index contributed by atoms with van der Waals surface area (Å²) in [5, 5.41) is 2.50. The fourth-order valence-electron chi connectivity index (χ4n) is 1.85. The second-order valence-corrected chi connectivity index (χ2v) is 5.27. The number of carbonyl (C=O) groups excluding carboxylic acids is 1. The standard InChI is InChI=1S/C15H11BrF3NO/c16-11-5-3-4-10(8-11)9-20-14(21)12-6-1-2-7-13(12)15(17,18)19/h1-8H,9H2,(H,20,21). The van der Waals surface area contributed by atoms with E-state index in [2.05, 4.69) is 21.2 Å². The van der Waals surface area contributed by atoms with E-state index in [0.717, 1.165) is 16.1 Å². The first-order chi connectivity index (χ1) is 9.88. The van der Waals surface area contributed by atoms with E-state index in [4.69, 9.17) is 0 Å². The number of halogens is 4. The van der Waals surface area contributed by atoms with Gasteiger partial charge in [0.05, 0.1) is 11.1 Å². The third-order valence-electron chi connectivity index (χ3n) is 2.82. The monoisotopic (exact) mass is 357 g/mol. The molecule has 21 heavy (non-hydrogen) atoms. The summed E-state index contributed by atoms with van der Waals surface area (Å²) in [7, 11) is 0. The topological polar surface area (TPSA) is 29.1 Å². The Morgan fingerprint density at radius 1 is 1.10 bits per heavy atom. The normalized spacial score (nSPS) is 11.2. The summed E-state index contributed by atoms with van der Waals surface area (Å²) in [5.41, 5.74) is -0.515. The molecule has 0 radical (unpaired) electrons. The molecule has 1 N–H and O–H groups in total. The second kappa shape index (κ2) is 6.30. The highest BCUT2D eigenvalue weighted by Gasteiger charge is 2.34. The zero-order valence-corrected chi connectivity index (χ0v) is 12.3. The minimum atomic E-state index is -4.55. The lowest BCUT2D eigenvalue weighted by molar-refractivity contribution is -0.137. The van der Waals surface area contributed by atoms with Gasteiger partial charge in [0.2, 0.25) is 0 Å². The average molecular weight is 358 g/mol. The van der Waals surface area contributed by atoms with E-state index in [9.17, 15) is 18.0 Å². The highest BCUT2D eigenvalue weighted by Crippen LogP contribution is 2.31. The predicted octanol–water partition coefficient (Wildman–Crippen LogP) is 4.40. The highest BCUT2D eigenvalue weighted by atomic mass is 79.9. The number of nitrogens with one attached hydrogen (secondary N) is 1. The molecule has 0 saturated carbocycles. The Morgan fingerprint density at radius 3 is 2.48 bits per heavy atom. The quantitative estimate of drug-likeness (QED) is 0.866. The van der Waals surface area contributed by atoms with E-state index in [1.165, 1.54) is 18.2 Å². The molecule has 0 aromatic heterocycles. The van der Waals surface area contributed by atoms with Crippen molar-refractivity contribution in [2.24, 2.45) is 0 Å². The number of alkyl halides is 3. The molecule has 0 saturated heterocycles. The van der Waals surface area contributed by atoms with Crippen molar-refractivity contribution in [2.45, 2.75) is 12.7 Å². The summed E-state index contributed by atoms with van der Waals surface area (Å²) in [4.78, 5) is 11.9. The molecule has 2 rings (SSSR count). The van der Waals surface area contributed by atoms with Crippen LogP contribution in [0.15, 0.2) is 53.0 Å². The van der Waals surface area contributed by atoms with Crippen LogP contribution in [0.25, 0.3) is 0 Å². The van der Waals surface area contributed by atoms with Crippen LogP contribution in [0.1, 0.15) is 21.5 Å². The van der Waals surface area contributed by atoms with E-state index in [1.807, 2.05) is 6.07 Å². The van der Waals surface area contributed by atoms with Crippen LogP contribution < -0.4 is 5.32 Å². The van der Waals surface area contributed by atoms with E-state index in [1.54, 1.807) is 18.2 Å². The molecule has 0 unspecified atom stereocenters. The maximum Gasteiger partial charge on any atom is 0.417 e. The predicted molar refractivity (Wildman–Crippen MR) is 76.8 cm³/mol. The summed E-state index contributed by atoms with van der Waals surface area (Å²) in [6.45, 7) is 0.157. The van der Waals surface area contributed by atoms with E-state index >= 15 is 0 Å². The fraction of sp³-hybridized carbons (Fsp3) is 0.133. The number of rotatable bonds is 3. The molecule has 0 aliphatic heterocycles. The Hall–Kier alpha value is -1.82. The first-order valence-corrected chi connectivity index (χ1v) is 6.86. The summed E-state index contributed by atoms with van der Waals surface area (Å²) in [5.74, 6) is -0.747. The first-order valence-electron chi connectivity index (χ1n) is 6.07. The van der Waals surface area contributed by atoms with Crippen molar-refractivity contribution in [1.29, 1.82) is 0 Å². The van der Waals surface area contributed by atoms with E-state index < -0.39 is 17.6 Å². The van der Waals surface area contributed by atoms with Gasteiger partial charge in [-0.15, -0.1) is 0 Å². The number of hydrogen-bond acceptors (Lipinski definition) is 1. The minimum Gasteiger partial charge on any atom is -0.348 e. The van der Waals surface area contributed by atoms with Gasteiger partial charge in [-0.05, 0) is 29.8 Å². The van der Waals surface area contributed by atoms with Crippen molar-refractivity contribution in [2.75, 3.05) is 0 Å². The summed E-state index contributed by atoms with van der Waals surface area (Å²) < 4.78 is 39.4. The van der Waals surface area contributed by atoms with Crippen molar-refractivity contribution >= 4 is 21.8 Å². The van der Waals surface area contributed by atoms with Gasteiger partial charge in [-0.1, -0.05) is 40.2 Å². The van der Waals surface area contributed by atoms with Crippen LogP contribution in [0.4, 0.5) is 13.2 Å². The van der Waals surface area contributed by atoms with Crippen LogP contribution in [0.3, 0.4) is 0 Å². The van der Waals surface area contributed by atoms with E-state index in [0.29, 0.717) is 0 Å². The smallest absolute Gasteiger partial charge is 0.348 e. The van der Waals surface area contributed by atoms with Gasteiger partial charge in [0.1, 0.15) is 0 Å². The van der Waals surface area contributed by atoms with Crippen molar-refractivity contribution in [3.05, 3.63) is 69.7 Å². The zero-order valence-electron chi connectivity index (χ0n) is 10.7. The molecule has 2 aromatic rings. The molecular weight excluding hydrogens is 347 g/mol. The molecule has 2 aromatic carbocycles. The molecule has 0 aliphatic rings. The molecule has 0 spiro atoms. The third-order valence-corrected chi connectivity index (χ3v) is 3.31. The van der Waals surface area contributed by atoms with Gasteiger partial charge in [0, 0.05) is 11.0 Å². The van der Waals surface area contributed by atoms with Crippen molar-refractivity contribution < 1.29 is 18.0 Å². The SMILES string of the molecule is O=C(NCc1cccc(Br)c1)c1ccccc1C(F)(F)F. The van der Waals surface area contributed by atoms with Crippen molar-refractivity contribution in [3.8, 4) is 0 Å². The van der Waals surface area contributed by atoms with Gasteiger partial charge in [0.15, 0.2) is 0 Å². The number of amides is 1. The Kier molecular flexibility index (Phi) is 4.67. The van der Waals surface area contributed by atoms with Crippen LogP contribution in [-0.2, 0) is 12.7 Å². The Bertz CT molecular complexity index is 655. The Balaban J connectivity index is 2.14. The molecule has 6 heteroatoms. The van der Waals surface area contributed by atoms with Gasteiger partial charge in [-0.2, -0.15) is 13.2 Å². The maximum atomic E-state index is 12.8. The highest BCUT2D eigenvalue weighted by molar-refractivity contribution is 9.10. The fourth-order valence-corrected chi connectivity index (χ4v) is 2.30. The summed E-state index contributed by atoms with van der Waals surface area (Å²) >= 11 is 3.29. The third kappa shape index (κ3) is 4.07. The lowest BCUT2D eigenvalue weighted by Gasteiger charge is -2.12. The molecule has 110 valence electrons. The number of hydrogen-bond donors (Lipinski definition) is 1. The molecule has 0 fully saturated rings. The van der Waals surface area contributed by atoms with Crippen molar-refractivity contribution in [1.82, 2.24) is 5.32 Å². The van der Waals surface area contributed by atoms with Gasteiger partial charge < -0.3 is 5.32 Å². The Morgan fingerprint density at radius 2 is 1.81 bits per heavy atom. The number of benzene rings is 2. The minimum absolute atomic E-state index is 0.157. The summed E-state index contributed by atoms with van der Waals surface area (Å²) in [6, 6.07) is 11.9. The summed E-state index contributed by atoms with van der Waals surface area (Å²) in [6.07, 6.45) is -4.55. The molecule has 0 heterocycles. The van der Waals surface area contributed by atoms with Gasteiger partial charge in [-0.25, -0.2) is 0 Å². The molecule has 0 bridgehead atoms.